The summed E-state index contributed by atoms with van der Waals surface area (Å²) in [6.45, 7) is 1.65. The third-order valence-corrected chi connectivity index (χ3v) is 3.80. The number of rotatable bonds is 8. The van der Waals surface area contributed by atoms with Gasteiger partial charge in [0.15, 0.2) is 0 Å². The number of benzene rings is 2. The first-order chi connectivity index (χ1) is 12.9. The summed E-state index contributed by atoms with van der Waals surface area (Å²) in [5, 5.41) is 14.0. The molecule has 0 spiro atoms. The van der Waals surface area contributed by atoms with Gasteiger partial charge in [-0.25, -0.2) is 9.59 Å². The van der Waals surface area contributed by atoms with E-state index in [1.165, 1.54) is 0 Å². The standard InChI is InChI=1S/C20H22N2O5/c1-14-7-9-15(10-8-14)11-17(19(24)25)22-18(23)12-21-20(26)27-13-16-5-3-2-4-6-16/h2-10,17H,11-13H2,1H3,(H,21,26)(H,22,23)(H,24,25)/t17-/m1/s1. The van der Waals surface area contributed by atoms with Crippen molar-refractivity contribution in [2.24, 2.45) is 0 Å². The van der Waals surface area contributed by atoms with Crippen molar-refractivity contribution in [1.82, 2.24) is 10.6 Å². The molecule has 2 rings (SSSR count). The molecule has 0 aromatic heterocycles. The van der Waals surface area contributed by atoms with Gasteiger partial charge in [-0.05, 0) is 18.1 Å². The Morgan fingerprint density at radius 2 is 1.67 bits per heavy atom. The number of nitrogens with one attached hydrogen (secondary N) is 2. The van der Waals surface area contributed by atoms with Crippen LogP contribution >= 0.6 is 0 Å². The van der Waals surface area contributed by atoms with Crippen LogP contribution in [0, 0.1) is 6.92 Å². The maximum absolute atomic E-state index is 11.9. The highest BCUT2D eigenvalue weighted by Crippen LogP contribution is 2.06. The van der Waals surface area contributed by atoms with Gasteiger partial charge in [-0.2, -0.15) is 0 Å². The lowest BCUT2D eigenvalue weighted by molar-refractivity contribution is -0.141. The number of aliphatic carboxylic acids is 1. The van der Waals surface area contributed by atoms with Crippen LogP contribution in [-0.2, 0) is 27.4 Å². The molecule has 1 atom stereocenters. The van der Waals surface area contributed by atoms with Crippen molar-refractivity contribution in [3.05, 3.63) is 71.3 Å². The highest BCUT2D eigenvalue weighted by molar-refractivity contribution is 5.86. The van der Waals surface area contributed by atoms with E-state index in [0.717, 1.165) is 16.7 Å². The third kappa shape index (κ3) is 7.19. The Hall–Kier alpha value is -3.35. The summed E-state index contributed by atoms with van der Waals surface area (Å²) in [6.07, 6.45) is -0.598. The number of amides is 2. The van der Waals surface area contributed by atoms with Crippen molar-refractivity contribution < 1.29 is 24.2 Å². The quantitative estimate of drug-likeness (QED) is 0.659. The number of hydrogen-bond donors (Lipinski definition) is 3. The fourth-order valence-corrected chi connectivity index (χ4v) is 2.33. The molecule has 0 heterocycles. The smallest absolute Gasteiger partial charge is 0.407 e. The van der Waals surface area contributed by atoms with E-state index in [1.807, 2.05) is 61.5 Å². The summed E-state index contributed by atoms with van der Waals surface area (Å²) < 4.78 is 4.99. The molecule has 2 aromatic carbocycles. The van der Waals surface area contributed by atoms with Crippen LogP contribution in [0.15, 0.2) is 54.6 Å². The lowest BCUT2D eigenvalue weighted by Crippen LogP contribution is -2.46. The second-order valence-electron chi connectivity index (χ2n) is 6.06. The SMILES string of the molecule is Cc1ccc(C[C@@H](NC(=O)CNC(=O)OCc2ccccc2)C(=O)O)cc1. The van der Waals surface area contributed by atoms with Gasteiger partial charge in [-0.15, -0.1) is 0 Å². The molecule has 0 bridgehead atoms. The van der Waals surface area contributed by atoms with Gasteiger partial charge >= 0.3 is 12.1 Å². The number of alkyl carbamates (subject to hydrolysis) is 1. The van der Waals surface area contributed by atoms with Gasteiger partial charge in [0, 0.05) is 6.42 Å². The van der Waals surface area contributed by atoms with Crippen molar-refractivity contribution in [1.29, 1.82) is 0 Å². The normalized spacial score (nSPS) is 11.3. The largest absolute Gasteiger partial charge is 0.480 e. The first-order valence-electron chi connectivity index (χ1n) is 8.46. The van der Waals surface area contributed by atoms with Gasteiger partial charge in [0.25, 0.3) is 0 Å². The number of carbonyl (C=O) groups is 3. The van der Waals surface area contributed by atoms with Gasteiger partial charge < -0.3 is 20.5 Å². The molecule has 0 unspecified atom stereocenters. The maximum atomic E-state index is 11.9. The number of carboxylic acids is 1. The van der Waals surface area contributed by atoms with E-state index in [-0.39, 0.29) is 19.6 Å². The predicted octanol–water partition coefficient (Wildman–Crippen LogP) is 2.03. The van der Waals surface area contributed by atoms with Crippen molar-refractivity contribution >= 4 is 18.0 Å². The van der Waals surface area contributed by atoms with E-state index in [9.17, 15) is 19.5 Å². The number of carbonyl (C=O) groups excluding carboxylic acids is 2. The van der Waals surface area contributed by atoms with E-state index in [1.54, 1.807) is 0 Å². The molecule has 0 aliphatic carbocycles. The monoisotopic (exact) mass is 370 g/mol. The molecule has 2 amide bonds. The minimum absolute atomic E-state index is 0.0828. The summed E-state index contributed by atoms with van der Waals surface area (Å²) in [5.41, 5.74) is 2.68. The second kappa shape index (κ2) is 9.96. The number of aryl methyl sites for hydroxylation is 1. The molecule has 0 fully saturated rings. The van der Waals surface area contributed by atoms with Crippen LogP contribution in [0.2, 0.25) is 0 Å². The van der Waals surface area contributed by atoms with E-state index in [0.29, 0.717) is 0 Å². The summed E-state index contributed by atoms with van der Waals surface area (Å²) in [6, 6.07) is 15.4. The van der Waals surface area contributed by atoms with Gasteiger partial charge in [0.1, 0.15) is 19.2 Å². The highest BCUT2D eigenvalue weighted by atomic mass is 16.5. The molecule has 0 saturated heterocycles. The van der Waals surface area contributed by atoms with Crippen molar-refractivity contribution in [3.8, 4) is 0 Å². The Kier molecular flexibility index (Phi) is 7.37. The zero-order valence-electron chi connectivity index (χ0n) is 15.0. The van der Waals surface area contributed by atoms with E-state index >= 15 is 0 Å². The van der Waals surface area contributed by atoms with Gasteiger partial charge in [0.2, 0.25) is 5.91 Å². The molecule has 3 N–H and O–H groups in total. The van der Waals surface area contributed by atoms with Crippen LogP contribution in [0.1, 0.15) is 16.7 Å². The molecule has 0 radical (unpaired) electrons. The molecular weight excluding hydrogens is 348 g/mol. The van der Waals surface area contributed by atoms with E-state index in [4.69, 9.17) is 4.74 Å². The lowest BCUT2D eigenvalue weighted by Gasteiger charge is -2.15. The molecule has 0 aliphatic rings. The Labute approximate surface area is 157 Å². The topological polar surface area (TPSA) is 105 Å². The van der Waals surface area contributed by atoms with Gasteiger partial charge in [-0.1, -0.05) is 60.2 Å². The Bertz CT molecular complexity index is 775. The van der Waals surface area contributed by atoms with Crippen LogP contribution < -0.4 is 10.6 Å². The minimum Gasteiger partial charge on any atom is -0.480 e. The number of hydrogen-bond acceptors (Lipinski definition) is 4. The molecule has 7 nitrogen and oxygen atoms in total. The van der Waals surface area contributed by atoms with Crippen molar-refractivity contribution in [3.63, 3.8) is 0 Å². The molecule has 142 valence electrons. The summed E-state index contributed by atoms with van der Waals surface area (Å²) in [4.78, 5) is 34.9. The highest BCUT2D eigenvalue weighted by Gasteiger charge is 2.20. The first kappa shape index (κ1) is 20.0. The number of carboxylic acid groups (broad SMARTS) is 1. The maximum Gasteiger partial charge on any atom is 0.407 e. The predicted molar refractivity (Wildman–Crippen MR) is 99.1 cm³/mol. The Morgan fingerprint density at radius 1 is 1.00 bits per heavy atom. The third-order valence-electron chi connectivity index (χ3n) is 3.80. The Morgan fingerprint density at radius 3 is 2.30 bits per heavy atom. The van der Waals surface area contributed by atoms with Crippen LogP contribution in [0.25, 0.3) is 0 Å². The van der Waals surface area contributed by atoms with Gasteiger partial charge in [0.05, 0.1) is 0 Å². The molecular formula is C20H22N2O5. The van der Waals surface area contributed by atoms with Crippen LogP contribution in [0.4, 0.5) is 4.79 Å². The lowest BCUT2D eigenvalue weighted by atomic mass is 10.0. The minimum atomic E-state index is -1.14. The van der Waals surface area contributed by atoms with Crippen LogP contribution in [0.5, 0.6) is 0 Å². The zero-order chi connectivity index (χ0) is 19.6. The zero-order valence-corrected chi connectivity index (χ0v) is 15.0. The fourth-order valence-electron chi connectivity index (χ4n) is 2.33. The van der Waals surface area contributed by atoms with Crippen molar-refractivity contribution in [2.45, 2.75) is 26.0 Å². The van der Waals surface area contributed by atoms with Crippen molar-refractivity contribution in [2.75, 3.05) is 6.54 Å². The summed E-state index contributed by atoms with van der Waals surface area (Å²) >= 11 is 0. The van der Waals surface area contributed by atoms with Crippen LogP contribution in [0.3, 0.4) is 0 Å². The van der Waals surface area contributed by atoms with Crippen LogP contribution in [-0.4, -0.2) is 35.7 Å². The average Bonchev–Trinajstić information content (AvgIpc) is 2.66. The molecule has 27 heavy (non-hydrogen) atoms. The molecule has 7 heteroatoms. The first-order valence-corrected chi connectivity index (χ1v) is 8.46. The molecule has 0 saturated carbocycles. The van der Waals surface area contributed by atoms with E-state index in [2.05, 4.69) is 10.6 Å². The van der Waals surface area contributed by atoms with Gasteiger partial charge in [-0.3, -0.25) is 4.79 Å². The molecule has 2 aromatic rings. The van der Waals surface area contributed by atoms with E-state index < -0.39 is 24.0 Å². The second-order valence-corrected chi connectivity index (χ2v) is 6.06. The average molecular weight is 370 g/mol. The fraction of sp³-hybridized carbons (Fsp3) is 0.250. The Balaban J connectivity index is 1.77. The summed E-state index contributed by atoms with van der Waals surface area (Å²) in [7, 11) is 0. The summed E-state index contributed by atoms with van der Waals surface area (Å²) in [5.74, 6) is -1.75. The molecule has 0 aliphatic heterocycles. The number of ether oxygens (including phenoxy) is 1.